The van der Waals surface area contributed by atoms with Crippen molar-refractivity contribution in [1.82, 2.24) is 4.31 Å². The van der Waals surface area contributed by atoms with E-state index in [9.17, 15) is 13.5 Å². The number of piperidine rings is 1. The molecule has 5 nitrogen and oxygen atoms in total. The zero-order chi connectivity index (χ0) is 19.2. The Morgan fingerprint density at radius 2 is 1.92 bits per heavy atom. The molecule has 1 N–H and O–H groups in total. The summed E-state index contributed by atoms with van der Waals surface area (Å²) in [5.74, 6) is 0.379. The molecule has 1 saturated carbocycles. The Labute approximate surface area is 157 Å². The van der Waals surface area contributed by atoms with Crippen LogP contribution < -0.4 is 4.74 Å². The van der Waals surface area contributed by atoms with Gasteiger partial charge < -0.3 is 9.84 Å². The van der Waals surface area contributed by atoms with E-state index >= 15 is 0 Å². The van der Waals surface area contributed by atoms with Gasteiger partial charge in [0.2, 0.25) is 10.0 Å². The zero-order valence-corrected chi connectivity index (χ0v) is 17.1. The summed E-state index contributed by atoms with van der Waals surface area (Å²) in [6, 6.07) is 5.42. The minimum atomic E-state index is -3.68. The van der Waals surface area contributed by atoms with Gasteiger partial charge in [-0.15, -0.1) is 0 Å². The number of aliphatic hydroxyl groups is 1. The van der Waals surface area contributed by atoms with Crippen LogP contribution in [0.25, 0.3) is 0 Å². The van der Waals surface area contributed by atoms with Gasteiger partial charge in [0.05, 0.1) is 13.2 Å². The predicted octanol–water partition coefficient (Wildman–Crippen LogP) is 3.31. The van der Waals surface area contributed by atoms with Crippen LogP contribution in [-0.2, 0) is 15.4 Å². The van der Waals surface area contributed by atoms with Crippen LogP contribution in [0.4, 0.5) is 0 Å². The summed E-state index contributed by atoms with van der Waals surface area (Å²) in [4.78, 5) is 0.233. The maximum Gasteiger partial charge on any atom is 0.246 e. The number of methoxy groups -OCH3 is 1. The third-order valence-corrected chi connectivity index (χ3v) is 7.95. The molecule has 1 aromatic rings. The molecular formula is C20H31NO4S. The predicted molar refractivity (Wildman–Crippen MR) is 102 cm³/mol. The number of hydrogen-bond donors (Lipinski definition) is 1. The fraction of sp³-hybridized carbons (Fsp3) is 0.700. The van der Waals surface area contributed by atoms with Crippen molar-refractivity contribution in [3.05, 3.63) is 23.8 Å². The third kappa shape index (κ3) is 3.39. The molecule has 146 valence electrons. The first-order chi connectivity index (χ1) is 12.1. The third-order valence-electron chi connectivity index (χ3n) is 6.08. The van der Waals surface area contributed by atoms with E-state index in [1.807, 2.05) is 6.07 Å². The Hall–Kier alpha value is -1.11. The quantitative estimate of drug-likeness (QED) is 0.872. The molecule has 1 aliphatic carbocycles. The molecule has 0 aromatic heterocycles. The molecule has 3 rings (SSSR count). The fourth-order valence-corrected chi connectivity index (χ4v) is 6.16. The van der Waals surface area contributed by atoms with E-state index in [4.69, 9.17) is 4.74 Å². The minimum Gasteiger partial charge on any atom is -0.495 e. The van der Waals surface area contributed by atoms with Gasteiger partial charge in [-0.3, -0.25) is 0 Å². The van der Waals surface area contributed by atoms with Crippen molar-refractivity contribution >= 4 is 10.0 Å². The van der Waals surface area contributed by atoms with Crippen molar-refractivity contribution in [2.75, 3.05) is 20.2 Å². The van der Waals surface area contributed by atoms with Crippen LogP contribution in [0.15, 0.2) is 23.1 Å². The van der Waals surface area contributed by atoms with Gasteiger partial charge >= 0.3 is 0 Å². The molecule has 2 aliphatic rings. The van der Waals surface area contributed by atoms with Crippen molar-refractivity contribution < 1.29 is 18.3 Å². The van der Waals surface area contributed by atoms with Crippen molar-refractivity contribution in [3.8, 4) is 5.75 Å². The van der Waals surface area contributed by atoms with Crippen LogP contribution in [0.1, 0.15) is 58.4 Å². The maximum absolute atomic E-state index is 13.5. The Morgan fingerprint density at radius 1 is 1.23 bits per heavy atom. The summed E-state index contributed by atoms with van der Waals surface area (Å²) < 4.78 is 33.9. The number of hydrogen-bond acceptors (Lipinski definition) is 4. The molecule has 2 fully saturated rings. The Kier molecular flexibility index (Phi) is 5.14. The summed E-state index contributed by atoms with van der Waals surface area (Å²) in [5, 5.41) is 10.5. The van der Waals surface area contributed by atoms with Gasteiger partial charge in [0.15, 0.2) is 0 Å². The molecule has 1 aliphatic heterocycles. The highest BCUT2D eigenvalue weighted by Gasteiger charge is 2.47. The van der Waals surface area contributed by atoms with Gasteiger partial charge in [0, 0.05) is 18.5 Å². The van der Waals surface area contributed by atoms with E-state index < -0.39 is 16.1 Å². The van der Waals surface area contributed by atoms with Crippen molar-refractivity contribution in [2.24, 2.45) is 5.41 Å². The number of benzene rings is 1. The summed E-state index contributed by atoms with van der Waals surface area (Å²) in [5.41, 5.74) is 0.533. The number of sulfonamides is 1. The second-order valence-corrected chi connectivity index (χ2v) is 10.7. The Bertz CT molecular complexity index is 769. The average Bonchev–Trinajstić information content (AvgIpc) is 2.93. The monoisotopic (exact) mass is 381 g/mol. The first-order valence-electron chi connectivity index (χ1n) is 9.47. The lowest BCUT2D eigenvalue weighted by atomic mass is 9.77. The SMILES string of the molecule is COc1ccc(C(C)(C)C)cc1S(=O)(=O)N1CCC[C@]2(CCC[C@H]2O)C1. The lowest BCUT2D eigenvalue weighted by Crippen LogP contribution is -2.49. The topological polar surface area (TPSA) is 66.8 Å². The first-order valence-corrected chi connectivity index (χ1v) is 10.9. The molecule has 0 unspecified atom stereocenters. The lowest BCUT2D eigenvalue weighted by molar-refractivity contribution is 0.0126. The van der Waals surface area contributed by atoms with Crippen molar-refractivity contribution in [2.45, 2.75) is 69.3 Å². The van der Waals surface area contributed by atoms with E-state index in [2.05, 4.69) is 20.8 Å². The molecule has 0 amide bonds. The maximum atomic E-state index is 13.5. The summed E-state index contributed by atoms with van der Waals surface area (Å²) >= 11 is 0. The molecule has 1 saturated heterocycles. The highest BCUT2D eigenvalue weighted by molar-refractivity contribution is 7.89. The van der Waals surface area contributed by atoms with E-state index in [-0.39, 0.29) is 15.7 Å². The van der Waals surface area contributed by atoms with Crippen LogP contribution in [0.5, 0.6) is 5.75 Å². The van der Waals surface area contributed by atoms with Crippen molar-refractivity contribution in [3.63, 3.8) is 0 Å². The number of aliphatic hydroxyl groups excluding tert-OH is 1. The number of rotatable bonds is 3. The number of ether oxygens (including phenoxy) is 1. The Balaban J connectivity index is 1.99. The largest absolute Gasteiger partial charge is 0.495 e. The molecule has 1 aromatic carbocycles. The highest BCUT2D eigenvalue weighted by atomic mass is 32.2. The van der Waals surface area contributed by atoms with Gasteiger partial charge in [-0.1, -0.05) is 33.3 Å². The average molecular weight is 382 g/mol. The molecule has 6 heteroatoms. The summed E-state index contributed by atoms with van der Waals surface area (Å²) in [7, 11) is -2.17. The van der Waals surface area contributed by atoms with Crippen LogP contribution in [-0.4, -0.2) is 44.1 Å². The molecule has 0 radical (unpaired) electrons. The summed E-state index contributed by atoms with van der Waals surface area (Å²) in [6.45, 7) is 7.10. The zero-order valence-electron chi connectivity index (χ0n) is 16.3. The summed E-state index contributed by atoms with van der Waals surface area (Å²) in [6.07, 6.45) is 3.94. The van der Waals surface area contributed by atoms with E-state index in [1.165, 1.54) is 7.11 Å². The van der Waals surface area contributed by atoms with Crippen molar-refractivity contribution in [1.29, 1.82) is 0 Å². The second-order valence-electron chi connectivity index (χ2n) is 8.83. The van der Waals surface area contributed by atoms with Crippen LogP contribution in [0.2, 0.25) is 0 Å². The molecule has 26 heavy (non-hydrogen) atoms. The highest BCUT2D eigenvalue weighted by Crippen LogP contribution is 2.46. The first kappa shape index (κ1) is 19.6. The molecule has 1 heterocycles. The number of nitrogens with zero attached hydrogens (tertiary/aromatic N) is 1. The van der Waals surface area contributed by atoms with E-state index in [0.717, 1.165) is 37.7 Å². The standard InChI is InChI=1S/C20H31NO4S/c1-19(2,3)15-8-9-16(25-4)17(13-15)26(23,24)21-12-6-11-20(14-21)10-5-7-18(20)22/h8-9,13,18,22H,5-7,10-12,14H2,1-4H3/t18-,20-/m1/s1. The minimum absolute atomic E-state index is 0.151. The van der Waals surface area contributed by atoms with Crippen LogP contribution >= 0.6 is 0 Å². The van der Waals surface area contributed by atoms with Gasteiger partial charge in [-0.2, -0.15) is 4.31 Å². The fourth-order valence-electron chi connectivity index (χ4n) is 4.40. The molecule has 0 bridgehead atoms. The second kappa shape index (κ2) is 6.80. The van der Waals surface area contributed by atoms with Gasteiger partial charge in [-0.05, 0) is 48.8 Å². The van der Waals surface area contributed by atoms with E-state index in [0.29, 0.717) is 18.8 Å². The smallest absolute Gasteiger partial charge is 0.246 e. The molecular weight excluding hydrogens is 350 g/mol. The van der Waals surface area contributed by atoms with Gasteiger partial charge in [0.1, 0.15) is 10.6 Å². The van der Waals surface area contributed by atoms with Gasteiger partial charge in [0.25, 0.3) is 0 Å². The van der Waals surface area contributed by atoms with Crippen LogP contribution in [0, 0.1) is 5.41 Å². The van der Waals surface area contributed by atoms with E-state index in [1.54, 1.807) is 16.4 Å². The Morgan fingerprint density at radius 3 is 2.50 bits per heavy atom. The lowest BCUT2D eigenvalue weighted by Gasteiger charge is -2.42. The van der Waals surface area contributed by atoms with Crippen LogP contribution in [0.3, 0.4) is 0 Å². The normalized spacial score (nSPS) is 27.8. The molecule has 2 atom stereocenters. The van der Waals surface area contributed by atoms with Gasteiger partial charge in [-0.25, -0.2) is 8.42 Å². The molecule has 1 spiro atoms.